The van der Waals surface area contributed by atoms with Crippen LogP contribution in [0.25, 0.3) is 0 Å². The van der Waals surface area contributed by atoms with Crippen LogP contribution in [-0.2, 0) is 6.42 Å². The summed E-state index contributed by atoms with van der Waals surface area (Å²) in [6, 6.07) is 22.7. The Labute approximate surface area is 216 Å². The van der Waals surface area contributed by atoms with Gasteiger partial charge in [0.2, 0.25) is 0 Å². The van der Waals surface area contributed by atoms with Gasteiger partial charge in [0.05, 0.1) is 6.33 Å². The summed E-state index contributed by atoms with van der Waals surface area (Å²) in [7, 11) is 0. The number of hydrogen-bond donors (Lipinski definition) is 2. The number of aromatic amines is 1. The van der Waals surface area contributed by atoms with E-state index in [0.29, 0.717) is 30.1 Å². The van der Waals surface area contributed by atoms with Crippen LogP contribution in [0.2, 0.25) is 5.02 Å². The number of carbonyl (C=O) groups is 1. The van der Waals surface area contributed by atoms with Crippen molar-refractivity contribution in [2.45, 2.75) is 25.2 Å². The largest absolute Gasteiger partial charge is 0.369 e. The lowest BCUT2D eigenvalue weighted by Crippen LogP contribution is -2.43. The van der Waals surface area contributed by atoms with Gasteiger partial charge in [0.1, 0.15) is 0 Å². The fourth-order valence-electron chi connectivity index (χ4n) is 4.09. The predicted molar refractivity (Wildman–Crippen MR) is 143 cm³/mol. The van der Waals surface area contributed by atoms with Gasteiger partial charge in [-0.2, -0.15) is 0 Å². The molecule has 0 aliphatic heterocycles. The lowest BCUT2D eigenvalue weighted by molar-refractivity contribution is 0.0843. The average Bonchev–Trinajstić information content (AvgIpc) is 3.44. The molecule has 0 aliphatic carbocycles. The van der Waals surface area contributed by atoms with Gasteiger partial charge in [-0.3, -0.25) is 19.7 Å². The van der Waals surface area contributed by atoms with Crippen molar-refractivity contribution in [3.63, 3.8) is 0 Å². The molecule has 2 aromatic heterocycles. The summed E-state index contributed by atoms with van der Waals surface area (Å²) >= 11 is 6.57. The number of pyridine rings is 1. The third-order valence-electron chi connectivity index (χ3n) is 5.94. The lowest BCUT2D eigenvalue weighted by Gasteiger charge is -2.25. The number of nitrogens with one attached hydrogen (secondary N) is 1. The molecule has 1 amide bonds. The van der Waals surface area contributed by atoms with Gasteiger partial charge in [-0.15, -0.1) is 0 Å². The van der Waals surface area contributed by atoms with E-state index in [1.165, 1.54) is 0 Å². The molecule has 1 atom stereocenters. The van der Waals surface area contributed by atoms with E-state index in [-0.39, 0.29) is 17.8 Å². The van der Waals surface area contributed by atoms with E-state index in [9.17, 15) is 4.79 Å². The zero-order valence-electron chi connectivity index (χ0n) is 19.9. The van der Waals surface area contributed by atoms with Crippen LogP contribution in [0.5, 0.6) is 0 Å². The quantitative estimate of drug-likeness (QED) is 0.180. The number of imidazole rings is 1. The molecule has 0 fully saturated rings. The first kappa shape index (κ1) is 25.1. The number of amides is 1. The maximum atomic E-state index is 13.5. The number of aryl methyl sites for hydroxylation is 1. The topological polar surface area (TPSA) is 100 Å². The Morgan fingerprint density at radius 2 is 1.83 bits per heavy atom. The Morgan fingerprint density at radius 3 is 2.56 bits per heavy atom. The maximum Gasteiger partial charge on any atom is 0.260 e. The molecule has 0 spiro atoms. The minimum atomic E-state index is -0.190. The number of aliphatic imine (C=N–C) groups is 1. The van der Waals surface area contributed by atoms with Crippen LogP contribution >= 0.6 is 11.6 Å². The minimum Gasteiger partial charge on any atom is -0.369 e. The van der Waals surface area contributed by atoms with Gasteiger partial charge in [-0.05, 0) is 55.2 Å². The normalized spacial score (nSPS) is 12.3. The number of carbonyl (C=O) groups excluding carboxylic acids is 1. The average molecular weight is 501 g/mol. The van der Waals surface area contributed by atoms with E-state index < -0.39 is 0 Å². The van der Waals surface area contributed by atoms with Gasteiger partial charge in [-0.25, -0.2) is 4.98 Å². The Bertz CT molecular complexity index is 1260. The molecule has 2 aromatic carbocycles. The van der Waals surface area contributed by atoms with E-state index in [1.807, 2.05) is 60.7 Å². The van der Waals surface area contributed by atoms with E-state index in [0.717, 1.165) is 29.8 Å². The molecule has 7 nitrogen and oxygen atoms in total. The van der Waals surface area contributed by atoms with Crippen LogP contribution in [0.1, 0.15) is 46.1 Å². The summed E-state index contributed by atoms with van der Waals surface area (Å²) in [4.78, 5) is 31.3. The SMILES string of the molecule is NC(=NCCCc1cnc[nH]1)N(CCC(c1ccccn1)c1ccccc1Cl)C(=O)c1ccccc1. The highest BCUT2D eigenvalue weighted by Crippen LogP contribution is 2.32. The molecule has 4 rings (SSSR count). The fraction of sp³-hybridized carbons (Fsp3) is 0.214. The number of aromatic nitrogens is 3. The fourth-order valence-corrected chi connectivity index (χ4v) is 4.35. The first-order valence-electron chi connectivity index (χ1n) is 11.9. The van der Waals surface area contributed by atoms with Crippen LogP contribution in [0.15, 0.2) is 96.5 Å². The monoisotopic (exact) mass is 500 g/mol. The molecule has 3 N–H and O–H groups in total. The van der Waals surface area contributed by atoms with Crippen molar-refractivity contribution in [1.29, 1.82) is 0 Å². The van der Waals surface area contributed by atoms with Gasteiger partial charge in [0, 0.05) is 53.4 Å². The molecule has 0 saturated heterocycles. The van der Waals surface area contributed by atoms with Gasteiger partial charge in [-0.1, -0.05) is 54.1 Å². The van der Waals surface area contributed by atoms with E-state index in [2.05, 4.69) is 19.9 Å². The second-order valence-electron chi connectivity index (χ2n) is 8.36. The molecule has 4 aromatic rings. The number of rotatable bonds is 10. The second kappa shape index (κ2) is 12.7. The van der Waals surface area contributed by atoms with E-state index >= 15 is 0 Å². The third-order valence-corrected chi connectivity index (χ3v) is 6.29. The van der Waals surface area contributed by atoms with Gasteiger partial charge in [0.15, 0.2) is 5.96 Å². The lowest BCUT2D eigenvalue weighted by atomic mass is 9.91. The predicted octanol–water partition coefficient (Wildman–Crippen LogP) is 5.07. The van der Waals surface area contributed by atoms with E-state index in [1.54, 1.807) is 35.8 Å². The van der Waals surface area contributed by atoms with Crippen LogP contribution in [0.3, 0.4) is 0 Å². The van der Waals surface area contributed by atoms with Crippen LogP contribution in [0.4, 0.5) is 0 Å². The highest BCUT2D eigenvalue weighted by atomic mass is 35.5. The third kappa shape index (κ3) is 6.58. The Kier molecular flexibility index (Phi) is 8.83. The second-order valence-corrected chi connectivity index (χ2v) is 8.77. The minimum absolute atomic E-state index is 0.112. The summed E-state index contributed by atoms with van der Waals surface area (Å²) in [5, 5.41) is 0.662. The van der Waals surface area contributed by atoms with Crippen LogP contribution in [-0.4, -0.2) is 44.8 Å². The molecule has 0 aliphatic rings. The number of hydrogen-bond acceptors (Lipinski definition) is 4. The van der Waals surface area contributed by atoms with Crippen molar-refractivity contribution in [2.24, 2.45) is 10.7 Å². The number of benzene rings is 2. The van der Waals surface area contributed by atoms with Crippen molar-refractivity contribution in [1.82, 2.24) is 19.9 Å². The summed E-state index contributed by atoms with van der Waals surface area (Å²) in [5.41, 5.74) is 9.84. The molecule has 0 radical (unpaired) electrons. The Balaban J connectivity index is 1.55. The molecular formula is C28H29ClN6O. The highest BCUT2D eigenvalue weighted by molar-refractivity contribution is 6.31. The smallest absolute Gasteiger partial charge is 0.260 e. The van der Waals surface area contributed by atoms with Gasteiger partial charge < -0.3 is 10.7 Å². The van der Waals surface area contributed by atoms with Gasteiger partial charge >= 0.3 is 0 Å². The first-order valence-corrected chi connectivity index (χ1v) is 12.3. The standard InChI is InChI=1S/C28H29ClN6O/c29-25-13-5-4-12-23(25)24(26-14-6-7-16-32-26)15-18-35(27(36)21-9-2-1-3-10-21)28(30)33-17-8-11-22-19-31-20-34-22/h1-7,9-10,12-14,16,19-20,24H,8,11,15,17-18H2,(H2,30,33)(H,31,34). The van der Waals surface area contributed by atoms with Crippen molar-refractivity contribution in [2.75, 3.05) is 13.1 Å². The molecule has 0 saturated carbocycles. The number of H-pyrrole nitrogens is 1. The molecule has 184 valence electrons. The maximum absolute atomic E-state index is 13.5. The first-order chi connectivity index (χ1) is 17.6. The highest BCUT2D eigenvalue weighted by Gasteiger charge is 2.24. The molecule has 36 heavy (non-hydrogen) atoms. The van der Waals surface area contributed by atoms with Crippen LogP contribution in [0, 0.1) is 0 Å². The van der Waals surface area contributed by atoms with Crippen molar-refractivity contribution < 1.29 is 4.79 Å². The van der Waals surface area contributed by atoms with Gasteiger partial charge in [0.25, 0.3) is 5.91 Å². The summed E-state index contributed by atoms with van der Waals surface area (Å²) < 4.78 is 0. The molecule has 0 bridgehead atoms. The number of nitrogens with two attached hydrogens (primary N) is 1. The Morgan fingerprint density at radius 1 is 1.06 bits per heavy atom. The summed E-state index contributed by atoms with van der Waals surface area (Å²) in [5.74, 6) is -0.101. The number of guanidine groups is 1. The summed E-state index contributed by atoms with van der Waals surface area (Å²) in [6.07, 6.45) is 7.38. The Hall–Kier alpha value is -3.97. The zero-order chi connectivity index (χ0) is 25.2. The number of nitrogens with zero attached hydrogens (tertiary/aromatic N) is 4. The van der Waals surface area contributed by atoms with Crippen molar-refractivity contribution in [3.05, 3.63) is 119 Å². The summed E-state index contributed by atoms with van der Waals surface area (Å²) in [6.45, 7) is 0.855. The molecular weight excluding hydrogens is 472 g/mol. The molecule has 1 unspecified atom stereocenters. The number of halogens is 1. The molecule has 8 heteroatoms. The van der Waals surface area contributed by atoms with Crippen molar-refractivity contribution >= 4 is 23.5 Å². The van der Waals surface area contributed by atoms with Crippen LogP contribution < -0.4 is 5.73 Å². The molecule has 2 heterocycles. The zero-order valence-corrected chi connectivity index (χ0v) is 20.7. The van der Waals surface area contributed by atoms with E-state index in [4.69, 9.17) is 17.3 Å². The van der Waals surface area contributed by atoms with Crippen molar-refractivity contribution in [3.8, 4) is 0 Å².